The molecular formula is C34H29N5O4S. The van der Waals surface area contributed by atoms with Gasteiger partial charge in [0.2, 0.25) is 0 Å². The van der Waals surface area contributed by atoms with E-state index in [0.29, 0.717) is 27.8 Å². The van der Waals surface area contributed by atoms with Crippen LogP contribution in [0.5, 0.6) is 5.75 Å². The van der Waals surface area contributed by atoms with Crippen LogP contribution in [0.2, 0.25) is 0 Å². The summed E-state index contributed by atoms with van der Waals surface area (Å²) in [5, 5.41) is 6.87. The first-order valence-corrected chi connectivity index (χ1v) is 14.4. The van der Waals surface area contributed by atoms with Gasteiger partial charge in [-0.3, -0.25) is 9.78 Å². The van der Waals surface area contributed by atoms with Gasteiger partial charge in [-0.05, 0) is 85.0 Å². The summed E-state index contributed by atoms with van der Waals surface area (Å²) in [5.41, 5.74) is 4.28. The van der Waals surface area contributed by atoms with Gasteiger partial charge in [0.05, 0.1) is 30.1 Å². The number of thiocarbonyl (C=S) groups is 1. The Morgan fingerprint density at radius 3 is 2.41 bits per heavy atom. The largest absolute Gasteiger partial charge is 0.484 e. The van der Waals surface area contributed by atoms with Crippen LogP contribution < -0.4 is 20.3 Å². The van der Waals surface area contributed by atoms with Crippen molar-refractivity contribution in [2.75, 3.05) is 23.9 Å². The lowest BCUT2D eigenvalue weighted by Crippen LogP contribution is -2.30. The molecular weight excluding hydrogens is 574 g/mol. The number of anilines is 2. The van der Waals surface area contributed by atoms with E-state index in [2.05, 4.69) is 15.6 Å². The lowest BCUT2D eigenvalue weighted by Gasteiger charge is -2.29. The number of esters is 1. The molecule has 9 nitrogen and oxygen atoms in total. The number of carbonyl (C=O) groups is 2. The van der Waals surface area contributed by atoms with Crippen molar-refractivity contribution >= 4 is 40.6 Å². The molecule has 2 N–H and O–H groups in total. The van der Waals surface area contributed by atoms with Crippen LogP contribution in [0, 0.1) is 0 Å². The van der Waals surface area contributed by atoms with Gasteiger partial charge in [-0.1, -0.05) is 36.4 Å². The van der Waals surface area contributed by atoms with Gasteiger partial charge in [0, 0.05) is 29.5 Å². The highest BCUT2D eigenvalue weighted by atomic mass is 32.1. The Bertz CT molecular complexity index is 1780. The van der Waals surface area contributed by atoms with E-state index in [9.17, 15) is 9.59 Å². The van der Waals surface area contributed by atoms with Gasteiger partial charge in [-0.25, -0.2) is 4.79 Å². The number of methoxy groups -OCH3 is 1. The molecule has 0 unspecified atom stereocenters. The molecule has 220 valence electrons. The van der Waals surface area contributed by atoms with Gasteiger partial charge in [0.25, 0.3) is 5.91 Å². The van der Waals surface area contributed by atoms with Crippen LogP contribution in [0.3, 0.4) is 0 Å². The van der Waals surface area contributed by atoms with E-state index in [-0.39, 0.29) is 24.6 Å². The normalized spacial score (nSPS) is 15.8. The second kappa shape index (κ2) is 12.8. The molecule has 10 heteroatoms. The maximum atomic E-state index is 12.7. The summed E-state index contributed by atoms with van der Waals surface area (Å²) in [6, 6.07) is 33.1. The average Bonchev–Trinajstić information content (AvgIpc) is 3.69. The maximum Gasteiger partial charge on any atom is 0.339 e. The van der Waals surface area contributed by atoms with Gasteiger partial charge in [0.15, 0.2) is 11.7 Å². The molecule has 1 amide bonds. The number of ether oxygens (including phenoxy) is 2. The van der Waals surface area contributed by atoms with Crippen LogP contribution in [0.4, 0.5) is 11.4 Å². The van der Waals surface area contributed by atoms with E-state index in [1.165, 1.54) is 7.11 Å². The Hall–Kier alpha value is -5.48. The fourth-order valence-electron chi connectivity index (χ4n) is 5.32. The Labute approximate surface area is 260 Å². The van der Waals surface area contributed by atoms with Gasteiger partial charge >= 0.3 is 5.97 Å². The van der Waals surface area contributed by atoms with Crippen molar-refractivity contribution in [2.24, 2.45) is 0 Å². The molecule has 1 fully saturated rings. The highest BCUT2D eigenvalue weighted by molar-refractivity contribution is 7.80. The number of hydrogen-bond acceptors (Lipinski definition) is 6. The third kappa shape index (κ3) is 5.88. The molecule has 5 aromatic rings. The van der Waals surface area contributed by atoms with Gasteiger partial charge in [-0.2, -0.15) is 0 Å². The minimum absolute atomic E-state index is 0.107. The summed E-state index contributed by atoms with van der Waals surface area (Å²) in [5.74, 6) is -0.0686. The van der Waals surface area contributed by atoms with Crippen molar-refractivity contribution in [3.8, 4) is 11.4 Å². The SMILES string of the molecule is COC(=O)c1ccccc1-n1cccc1[C@H]1[C@@H](c2ccccn2)NC(=S)N1c1ccc(NC(=O)COc2ccccc2)cc1. The van der Waals surface area contributed by atoms with E-state index in [4.69, 9.17) is 21.7 Å². The second-order valence-electron chi connectivity index (χ2n) is 10.0. The first kappa shape index (κ1) is 28.6. The van der Waals surface area contributed by atoms with Gasteiger partial charge in [0.1, 0.15) is 11.8 Å². The first-order valence-electron chi connectivity index (χ1n) is 14.0. The maximum absolute atomic E-state index is 12.7. The van der Waals surface area contributed by atoms with Crippen LogP contribution in [0.15, 0.2) is 122 Å². The fraction of sp³-hybridized carbons (Fsp3) is 0.118. The van der Waals surface area contributed by atoms with Gasteiger partial charge in [-0.15, -0.1) is 0 Å². The highest BCUT2D eigenvalue weighted by Crippen LogP contribution is 2.42. The second-order valence-corrected chi connectivity index (χ2v) is 10.4. The zero-order valence-electron chi connectivity index (χ0n) is 23.8. The molecule has 44 heavy (non-hydrogen) atoms. The van der Waals surface area contributed by atoms with E-state index >= 15 is 0 Å². The Kier molecular flexibility index (Phi) is 8.33. The molecule has 0 spiro atoms. The van der Waals surface area contributed by atoms with E-state index < -0.39 is 5.97 Å². The molecule has 6 rings (SSSR count). The zero-order valence-corrected chi connectivity index (χ0v) is 24.6. The smallest absolute Gasteiger partial charge is 0.339 e. The lowest BCUT2D eigenvalue weighted by molar-refractivity contribution is -0.118. The van der Waals surface area contributed by atoms with Gasteiger partial charge < -0.3 is 29.6 Å². The van der Waals surface area contributed by atoms with Crippen molar-refractivity contribution in [1.82, 2.24) is 14.9 Å². The first-order chi connectivity index (χ1) is 21.5. The van der Waals surface area contributed by atoms with Crippen LogP contribution in [-0.2, 0) is 9.53 Å². The Morgan fingerprint density at radius 2 is 1.66 bits per heavy atom. The van der Waals surface area contributed by atoms with E-state index in [1.54, 1.807) is 24.4 Å². The lowest BCUT2D eigenvalue weighted by atomic mass is 10.0. The summed E-state index contributed by atoms with van der Waals surface area (Å²) < 4.78 is 12.6. The summed E-state index contributed by atoms with van der Waals surface area (Å²) in [4.78, 5) is 31.9. The number of nitrogens with one attached hydrogen (secondary N) is 2. The van der Waals surface area contributed by atoms with Crippen LogP contribution in [0.25, 0.3) is 5.69 Å². The molecule has 1 saturated heterocycles. The van der Waals surface area contributed by atoms with E-state index in [1.807, 2.05) is 107 Å². The number of carbonyl (C=O) groups excluding carboxylic acids is 2. The number of hydrogen-bond donors (Lipinski definition) is 2. The number of pyridine rings is 1. The highest BCUT2D eigenvalue weighted by Gasteiger charge is 2.42. The molecule has 0 aliphatic carbocycles. The predicted octanol–water partition coefficient (Wildman–Crippen LogP) is 5.85. The number of benzene rings is 3. The average molecular weight is 604 g/mol. The zero-order chi connectivity index (χ0) is 30.5. The Balaban J connectivity index is 1.32. The number of aromatic nitrogens is 2. The molecule has 2 aromatic heterocycles. The number of amides is 1. The summed E-state index contributed by atoms with van der Waals surface area (Å²) in [6.45, 7) is -0.107. The molecule has 0 bridgehead atoms. The van der Waals surface area contributed by atoms with Crippen LogP contribution in [0.1, 0.15) is 33.8 Å². The summed E-state index contributed by atoms with van der Waals surface area (Å²) in [7, 11) is 1.37. The number of nitrogens with zero attached hydrogens (tertiary/aromatic N) is 3. The quantitative estimate of drug-likeness (QED) is 0.160. The Morgan fingerprint density at radius 1 is 0.909 bits per heavy atom. The number of para-hydroxylation sites is 2. The fourth-order valence-corrected chi connectivity index (χ4v) is 5.67. The minimum Gasteiger partial charge on any atom is -0.484 e. The molecule has 3 aromatic carbocycles. The molecule has 0 saturated carbocycles. The molecule has 1 aliphatic rings. The van der Waals surface area contributed by atoms with Crippen molar-refractivity contribution in [1.29, 1.82) is 0 Å². The van der Waals surface area contributed by atoms with Crippen molar-refractivity contribution < 1.29 is 19.1 Å². The van der Waals surface area contributed by atoms with Crippen molar-refractivity contribution in [3.05, 3.63) is 139 Å². The monoisotopic (exact) mass is 603 g/mol. The van der Waals surface area contributed by atoms with E-state index in [0.717, 1.165) is 17.1 Å². The minimum atomic E-state index is -0.426. The third-order valence-electron chi connectivity index (χ3n) is 7.29. The summed E-state index contributed by atoms with van der Waals surface area (Å²) >= 11 is 5.90. The van der Waals surface area contributed by atoms with Crippen molar-refractivity contribution in [2.45, 2.75) is 12.1 Å². The third-order valence-corrected chi connectivity index (χ3v) is 7.61. The van der Waals surface area contributed by atoms with Crippen molar-refractivity contribution in [3.63, 3.8) is 0 Å². The predicted molar refractivity (Wildman–Crippen MR) is 172 cm³/mol. The topological polar surface area (TPSA) is 97.7 Å². The standard InChI is InChI=1S/C34H29N5O4S/c1-42-33(41)26-12-5-6-14-28(26)38-21-9-15-29(38)32-31(27-13-7-8-20-35-27)37-34(44)39(32)24-18-16-23(17-19-24)36-30(40)22-43-25-10-3-2-4-11-25/h2-21,31-32H,22H2,1H3,(H,36,40)(H,37,44)/t31-,32+/m1/s1. The molecule has 1 aliphatic heterocycles. The van der Waals surface area contributed by atoms with Crippen LogP contribution in [-0.4, -0.2) is 40.3 Å². The van der Waals surface area contributed by atoms with Crippen LogP contribution >= 0.6 is 12.2 Å². The summed E-state index contributed by atoms with van der Waals surface area (Å²) in [6.07, 6.45) is 3.67. The molecule has 3 heterocycles. The molecule has 2 atom stereocenters. The number of rotatable bonds is 9. The molecule has 0 radical (unpaired) electrons.